The van der Waals surface area contributed by atoms with Crippen molar-refractivity contribution in [1.29, 1.82) is 0 Å². The van der Waals surface area contributed by atoms with E-state index in [4.69, 9.17) is 14.0 Å². The molecule has 1 N–H and O–H groups in total. The van der Waals surface area contributed by atoms with E-state index in [9.17, 15) is 13.6 Å². The molecule has 140 valence electrons. The SMILES string of the molecule is O=C(Cc1cc(COCc2cccc(F)c2F)on1)NCC1CCOC1. The summed E-state index contributed by atoms with van der Waals surface area (Å²) in [7, 11) is 0. The summed E-state index contributed by atoms with van der Waals surface area (Å²) in [4.78, 5) is 11.9. The Morgan fingerprint density at radius 2 is 2.23 bits per heavy atom. The number of hydrogen-bond donors (Lipinski definition) is 1. The molecule has 2 heterocycles. The second kappa shape index (κ2) is 8.86. The molecule has 1 atom stereocenters. The summed E-state index contributed by atoms with van der Waals surface area (Å²) in [6.45, 7) is 1.96. The number of nitrogens with one attached hydrogen (secondary N) is 1. The molecule has 26 heavy (non-hydrogen) atoms. The Bertz CT molecular complexity index is 745. The highest BCUT2D eigenvalue weighted by Gasteiger charge is 2.17. The van der Waals surface area contributed by atoms with Crippen molar-refractivity contribution in [3.63, 3.8) is 0 Å². The van der Waals surface area contributed by atoms with E-state index >= 15 is 0 Å². The van der Waals surface area contributed by atoms with Crippen LogP contribution in [0.1, 0.15) is 23.4 Å². The van der Waals surface area contributed by atoms with Gasteiger partial charge in [-0.15, -0.1) is 0 Å². The smallest absolute Gasteiger partial charge is 0.226 e. The normalized spacial score (nSPS) is 16.8. The number of rotatable bonds is 8. The first-order valence-corrected chi connectivity index (χ1v) is 8.41. The second-order valence-corrected chi connectivity index (χ2v) is 6.20. The van der Waals surface area contributed by atoms with Gasteiger partial charge in [0.15, 0.2) is 17.4 Å². The lowest BCUT2D eigenvalue weighted by Gasteiger charge is -2.08. The lowest BCUT2D eigenvalue weighted by molar-refractivity contribution is -0.120. The molecule has 3 rings (SSSR count). The molecular weight excluding hydrogens is 346 g/mol. The van der Waals surface area contributed by atoms with Gasteiger partial charge in [-0.2, -0.15) is 0 Å². The molecular formula is C18H20F2N2O4. The van der Waals surface area contributed by atoms with Crippen LogP contribution in [0.5, 0.6) is 0 Å². The minimum absolute atomic E-state index is 0.0456. The summed E-state index contributed by atoms with van der Waals surface area (Å²) in [5, 5.41) is 6.67. The monoisotopic (exact) mass is 366 g/mol. The van der Waals surface area contributed by atoms with Crippen molar-refractivity contribution >= 4 is 5.91 Å². The highest BCUT2D eigenvalue weighted by Crippen LogP contribution is 2.14. The van der Waals surface area contributed by atoms with E-state index in [1.807, 2.05) is 0 Å². The Morgan fingerprint density at radius 1 is 1.35 bits per heavy atom. The third kappa shape index (κ3) is 5.09. The van der Waals surface area contributed by atoms with Gasteiger partial charge in [0.1, 0.15) is 6.61 Å². The molecule has 8 heteroatoms. The Balaban J connectivity index is 1.41. The van der Waals surface area contributed by atoms with Crippen LogP contribution >= 0.6 is 0 Å². The topological polar surface area (TPSA) is 73.6 Å². The van der Waals surface area contributed by atoms with Crippen molar-refractivity contribution in [2.75, 3.05) is 19.8 Å². The lowest BCUT2D eigenvalue weighted by Crippen LogP contribution is -2.30. The van der Waals surface area contributed by atoms with E-state index in [0.717, 1.165) is 19.1 Å². The van der Waals surface area contributed by atoms with Gasteiger partial charge < -0.3 is 19.3 Å². The van der Waals surface area contributed by atoms with Gasteiger partial charge >= 0.3 is 0 Å². The maximum absolute atomic E-state index is 13.5. The molecule has 1 saturated heterocycles. The number of benzene rings is 1. The predicted molar refractivity (Wildman–Crippen MR) is 87.0 cm³/mol. The number of amides is 1. The number of carbonyl (C=O) groups excluding carboxylic acids is 1. The molecule has 1 aliphatic rings. The average molecular weight is 366 g/mol. The highest BCUT2D eigenvalue weighted by atomic mass is 19.2. The fourth-order valence-corrected chi connectivity index (χ4v) is 2.66. The quantitative estimate of drug-likeness (QED) is 0.776. The molecule has 0 spiro atoms. The molecule has 1 aromatic heterocycles. The molecule has 1 unspecified atom stereocenters. The van der Waals surface area contributed by atoms with Gasteiger partial charge in [0, 0.05) is 30.7 Å². The minimum Gasteiger partial charge on any atom is -0.381 e. The Labute approximate surface area is 149 Å². The standard InChI is InChI=1S/C18H20F2N2O4/c19-16-3-1-2-13(18(16)20)10-25-11-15-6-14(22-26-15)7-17(23)21-8-12-4-5-24-9-12/h1-3,6,12H,4-5,7-11H2,(H,21,23). The third-order valence-corrected chi connectivity index (χ3v) is 4.09. The first kappa shape index (κ1) is 18.5. The summed E-state index contributed by atoms with van der Waals surface area (Å²) in [6.07, 6.45) is 1.06. The van der Waals surface area contributed by atoms with Gasteiger partial charge in [-0.05, 0) is 12.5 Å². The zero-order chi connectivity index (χ0) is 18.4. The van der Waals surface area contributed by atoms with E-state index in [0.29, 0.717) is 30.5 Å². The van der Waals surface area contributed by atoms with Crippen LogP contribution in [0, 0.1) is 17.6 Å². The van der Waals surface area contributed by atoms with Gasteiger partial charge in [0.25, 0.3) is 0 Å². The average Bonchev–Trinajstić information content (AvgIpc) is 3.29. The lowest BCUT2D eigenvalue weighted by atomic mass is 10.1. The third-order valence-electron chi connectivity index (χ3n) is 4.09. The van der Waals surface area contributed by atoms with E-state index in [1.54, 1.807) is 6.07 Å². The molecule has 1 fully saturated rings. The van der Waals surface area contributed by atoms with Crippen molar-refractivity contribution in [3.05, 3.63) is 52.9 Å². The Hall–Kier alpha value is -2.32. The first-order chi connectivity index (χ1) is 12.6. The fourth-order valence-electron chi connectivity index (χ4n) is 2.66. The zero-order valence-corrected chi connectivity index (χ0v) is 14.2. The van der Waals surface area contributed by atoms with E-state index in [2.05, 4.69) is 10.5 Å². The second-order valence-electron chi connectivity index (χ2n) is 6.20. The van der Waals surface area contributed by atoms with Gasteiger partial charge in [-0.1, -0.05) is 17.3 Å². The largest absolute Gasteiger partial charge is 0.381 e. The number of carbonyl (C=O) groups is 1. The van der Waals surface area contributed by atoms with Gasteiger partial charge in [-0.3, -0.25) is 4.79 Å². The van der Waals surface area contributed by atoms with E-state index in [-0.39, 0.29) is 31.1 Å². The summed E-state index contributed by atoms with van der Waals surface area (Å²) in [5.41, 5.74) is 0.612. The van der Waals surface area contributed by atoms with Crippen LogP contribution < -0.4 is 5.32 Å². The Kier molecular flexibility index (Phi) is 6.30. The van der Waals surface area contributed by atoms with Crippen molar-refractivity contribution in [1.82, 2.24) is 10.5 Å². The number of aromatic nitrogens is 1. The molecule has 2 aromatic rings. The van der Waals surface area contributed by atoms with Gasteiger partial charge in [0.2, 0.25) is 5.91 Å². The van der Waals surface area contributed by atoms with Gasteiger partial charge in [0.05, 0.1) is 25.3 Å². The van der Waals surface area contributed by atoms with E-state index < -0.39 is 11.6 Å². The molecule has 1 aromatic carbocycles. The number of ether oxygens (including phenoxy) is 2. The summed E-state index contributed by atoms with van der Waals surface area (Å²) < 4.78 is 42.3. The Morgan fingerprint density at radius 3 is 3.04 bits per heavy atom. The minimum atomic E-state index is -0.921. The van der Waals surface area contributed by atoms with Crippen LogP contribution in [-0.4, -0.2) is 30.8 Å². The summed E-state index contributed by atoms with van der Waals surface area (Å²) in [6, 6.07) is 5.52. The molecule has 0 bridgehead atoms. The zero-order valence-electron chi connectivity index (χ0n) is 14.2. The molecule has 1 aliphatic heterocycles. The van der Waals surface area contributed by atoms with Crippen LogP contribution in [0.2, 0.25) is 0 Å². The molecule has 6 nitrogen and oxygen atoms in total. The van der Waals surface area contributed by atoms with Crippen molar-refractivity contribution in [2.24, 2.45) is 5.92 Å². The number of hydrogen-bond acceptors (Lipinski definition) is 5. The van der Waals surface area contributed by atoms with Crippen LogP contribution in [0.3, 0.4) is 0 Å². The molecule has 0 saturated carbocycles. The van der Waals surface area contributed by atoms with Crippen LogP contribution in [0.4, 0.5) is 8.78 Å². The van der Waals surface area contributed by atoms with E-state index in [1.165, 1.54) is 12.1 Å². The predicted octanol–water partition coefficient (Wildman–Crippen LogP) is 2.36. The maximum Gasteiger partial charge on any atom is 0.226 e. The first-order valence-electron chi connectivity index (χ1n) is 8.41. The van der Waals surface area contributed by atoms with Crippen molar-refractivity contribution < 1.29 is 27.6 Å². The highest BCUT2D eigenvalue weighted by molar-refractivity contribution is 5.78. The molecule has 0 radical (unpaired) electrons. The van der Waals surface area contributed by atoms with Crippen molar-refractivity contribution in [3.8, 4) is 0 Å². The molecule has 0 aliphatic carbocycles. The van der Waals surface area contributed by atoms with Crippen LogP contribution in [-0.2, 0) is 33.9 Å². The maximum atomic E-state index is 13.5. The summed E-state index contributed by atoms with van der Waals surface area (Å²) in [5.74, 6) is -1.20. The fraction of sp³-hybridized carbons (Fsp3) is 0.444. The van der Waals surface area contributed by atoms with Crippen LogP contribution in [0.15, 0.2) is 28.8 Å². The number of nitrogens with zero attached hydrogens (tertiary/aromatic N) is 1. The summed E-state index contributed by atoms with van der Waals surface area (Å²) >= 11 is 0. The van der Waals surface area contributed by atoms with Crippen LogP contribution in [0.25, 0.3) is 0 Å². The van der Waals surface area contributed by atoms with Crippen molar-refractivity contribution in [2.45, 2.75) is 26.1 Å². The number of halogens is 2. The van der Waals surface area contributed by atoms with Gasteiger partial charge in [-0.25, -0.2) is 8.78 Å². The molecule has 1 amide bonds.